The van der Waals surface area contributed by atoms with Crippen LogP contribution in [0.2, 0.25) is 0 Å². The van der Waals surface area contributed by atoms with E-state index >= 15 is 0 Å². The molecule has 0 aliphatic heterocycles. The Morgan fingerprint density at radius 3 is 1.97 bits per heavy atom. The van der Waals surface area contributed by atoms with Gasteiger partial charge in [0.15, 0.2) is 0 Å². The summed E-state index contributed by atoms with van der Waals surface area (Å²) < 4.78 is 40.4. The maximum atomic E-state index is 12.9. The lowest BCUT2D eigenvalue weighted by atomic mass is 10.1. The fourth-order valence-corrected chi connectivity index (χ4v) is 3.86. The van der Waals surface area contributed by atoms with Gasteiger partial charge < -0.3 is 10.6 Å². The van der Waals surface area contributed by atoms with Gasteiger partial charge in [-0.3, -0.25) is 9.59 Å². The normalized spacial score (nSPS) is 11.1. The molecule has 3 aromatic carbocycles. The Morgan fingerprint density at radius 1 is 0.812 bits per heavy atom. The predicted octanol–water partition coefficient (Wildman–Crippen LogP) is 3.19. The Hall–Kier alpha value is -3.56. The van der Waals surface area contributed by atoms with E-state index in [2.05, 4.69) is 15.4 Å². The smallest absolute Gasteiger partial charge is 0.251 e. The molecular weight excluding hydrogens is 433 g/mol. The second kappa shape index (κ2) is 10.2. The number of anilines is 1. The van der Waals surface area contributed by atoms with Crippen LogP contribution in [-0.2, 0) is 27.9 Å². The van der Waals surface area contributed by atoms with Gasteiger partial charge >= 0.3 is 0 Å². The van der Waals surface area contributed by atoms with Crippen molar-refractivity contribution in [2.24, 2.45) is 0 Å². The molecule has 3 N–H and O–H groups in total. The molecule has 3 aromatic rings. The summed E-state index contributed by atoms with van der Waals surface area (Å²) in [5.41, 5.74) is 2.38. The maximum Gasteiger partial charge on any atom is 0.251 e. The van der Waals surface area contributed by atoms with Crippen molar-refractivity contribution in [3.8, 4) is 0 Å². The average molecular weight is 456 g/mol. The molecule has 0 aliphatic rings. The number of hydrogen-bond donors (Lipinski definition) is 3. The molecule has 0 bridgehead atoms. The summed E-state index contributed by atoms with van der Waals surface area (Å²) >= 11 is 0. The molecule has 0 atom stereocenters. The van der Waals surface area contributed by atoms with Crippen molar-refractivity contribution in [2.45, 2.75) is 24.9 Å². The summed E-state index contributed by atoms with van der Waals surface area (Å²) in [7, 11) is -3.74. The molecule has 32 heavy (non-hydrogen) atoms. The quantitative estimate of drug-likeness (QED) is 0.485. The average Bonchev–Trinajstić information content (AvgIpc) is 2.77. The summed E-state index contributed by atoms with van der Waals surface area (Å²) in [6.07, 6.45) is 0. The summed E-state index contributed by atoms with van der Waals surface area (Å²) in [5.74, 6) is -0.875. The Balaban J connectivity index is 1.55. The third kappa shape index (κ3) is 6.47. The zero-order valence-electron chi connectivity index (χ0n) is 17.3. The highest BCUT2D eigenvalue weighted by Gasteiger charge is 2.14. The first-order valence-corrected chi connectivity index (χ1v) is 11.2. The highest BCUT2D eigenvalue weighted by atomic mass is 32.2. The number of hydrogen-bond acceptors (Lipinski definition) is 4. The summed E-state index contributed by atoms with van der Waals surface area (Å²) in [4.78, 5) is 23.4. The molecule has 0 radical (unpaired) electrons. The SMILES string of the molecule is CC(=O)Nc1ccc(S(=O)(=O)NCc2ccc(C(=O)NCc3ccc(F)cc3)cc2)cc1. The lowest BCUT2D eigenvalue weighted by molar-refractivity contribution is -0.114. The third-order valence-corrected chi connectivity index (χ3v) is 5.95. The van der Waals surface area contributed by atoms with E-state index in [1.54, 1.807) is 36.4 Å². The lowest BCUT2D eigenvalue weighted by Gasteiger charge is -2.09. The van der Waals surface area contributed by atoms with Crippen LogP contribution in [-0.4, -0.2) is 20.2 Å². The second-order valence-electron chi connectivity index (χ2n) is 7.04. The van der Waals surface area contributed by atoms with Gasteiger partial charge in [0, 0.05) is 31.3 Å². The minimum absolute atomic E-state index is 0.0489. The molecule has 0 fully saturated rings. The van der Waals surface area contributed by atoms with Crippen LogP contribution in [0.3, 0.4) is 0 Å². The molecular formula is C23H22FN3O4S. The highest BCUT2D eigenvalue weighted by molar-refractivity contribution is 7.89. The molecule has 0 heterocycles. The van der Waals surface area contributed by atoms with Crippen molar-refractivity contribution in [3.05, 3.63) is 95.3 Å². The molecule has 2 amide bonds. The first-order valence-electron chi connectivity index (χ1n) is 9.72. The van der Waals surface area contributed by atoms with E-state index in [1.807, 2.05) is 0 Å². The van der Waals surface area contributed by atoms with Gasteiger partial charge in [0.25, 0.3) is 5.91 Å². The van der Waals surface area contributed by atoms with E-state index in [9.17, 15) is 22.4 Å². The third-order valence-electron chi connectivity index (χ3n) is 4.53. The van der Waals surface area contributed by atoms with Gasteiger partial charge in [-0.15, -0.1) is 0 Å². The molecule has 0 unspecified atom stereocenters. The molecule has 0 aliphatic carbocycles. The topological polar surface area (TPSA) is 104 Å². The van der Waals surface area contributed by atoms with Crippen LogP contribution in [0.15, 0.2) is 77.7 Å². The molecule has 0 saturated heterocycles. The van der Waals surface area contributed by atoms with Crippen LogP contribution < -0.4 is 15.4 Å². The van der Waals surface area contributed by atoms with Gasteiger partial charge in [-0.05, 0) is 59.7 Å². The van der Waals surface area contributed by atoms with E-state index in [-0.39, 0.29) is 35.6 Å². The number of benzene rings is 3. The fraction of sp³-hybridized carbons (Fsp3) is 0.130. The Labute approximate surface area is 185 Å². The number of halogens is 1. The molecule has 9 heteroatoms. The summed E-state index contributed by atoms with van der Waals surface area (Å²) in [5, 5.41) is 5.32. The number of carbonyl (C=O) groups is 2. The van der Waals surface area contributed by atoms with Gasteiger partial charge in [-0.25, -0.2) is 17.5 Å². The largest absolute Gasteiger partial charge is 0.348 e. The maximum absolute atomic E-state index is 12.9. The fourth-order valence-electron chi connectivity index (χ4n) is 2.84. The zero-order valence-corrected chi connectivity index (χ0v) is 18.1. The van der Waals surface area contributed by atoms with Crippen molar-refractivity contribution in [3.63, 3.8) is 0 Å². The van der Waals surface area contributed by atoms with Crippen LogP contribution in [0.1, 0.15) is 28.4 Å². The number of nitrogens with one attached hydrogen (secondary N) is 3. The Bertz CT molecular complexity index is 1190. The van der Waals surface area contributed by atoms with E-state index in [0.29, 0.717) is 16.8 Å². The summed E-state index contributed by atoms with van der Waals surface area (Å²) in [6.45, 7) is 1.68. The number of sulfonamides is 1. The molecule has 0 aromatic heterocycles. The standard InChI is InChI=1S/C23H22FN3O4S/c1-16(28)27-21-10-12-22(13-11-21)32(30,31)26-15-18-2-6-19(7-3-18)23(29)25-14-17-4-8-20(24)9-5-17/h2-13,26H,14-15H2,1H3,(H,25,29)(H,27,28). The van der Waals surface area contributed by atoms with Crippen molar-refractivity contribution in [1.29, 1.82) is 0 Å². The molecule has 0 saturated carbocycles. The molecule has 3 rings (SSSR count). The van der Waals surface area contributed by atoms with E-state index < -0.39 is 10.0 Å². The number of amides is 2. The van der Waals surface area contributed by atoms with Crippen LogP contribution in [0.4, 0.5) is 10.1 Å². The Kier molecular flexibility index (Phi) is 7.34. The first-order chi connectivity index (χ1) is 15.2. The molecule has 0 spiro atoms. The van der Waals surface area contributed by atoms with Crippen molar-refractivity contribution in [2.75, 3.05) is 5.32 Å². The lowest BCUT2D eigenvalue weighted by Crippen LogP contribution is -2.24. The zero-order chi connectivity index (χ0) is 23.1. The first kappa shape index (κ1) is 23.1. The van der Waals surface area contributed by atoms with Crippen LogP contribution >= 0.6 is 0 Å². The summed E-state index contributed by atoms with van der Waals surface area (Å²) in [6, 6.07) is 18.2. The van der Waals surface area contributed by atoms with Crippen molar-refractivity contribution >= 4 is 27.5 Å². The van der Waals surface area contributed by atoms with Gasteiger partial charge in [-0.1, -0.05) is 24.3 Å². The van der Waals surface area contributed by atoms with E-state index in [4.69, 9.17) is 0 Å². The van der Waals surface area contributed by atoms with E-state index in [1.165, 1.54) is 43.3 Å². The highest BCUT2D eigenvalue weighted by Crippen LogP contribution is 2.15. The number of rotatable bonds is 8. The van der Waals surface area contributed by atoms with Gasteiger partial charge in [-0.2, -0.15) is 0 Å². The van der Waals surface area contributed by atoms with E-state index in [0.717, 1.165) is 5.56 Å². The van der Waals surface area contributed by atoms with Gasteiger partial charge in [0.05, 0.1) is 4.90 Å². The van der Waals surface area contributed by atoms with Crippen LogP contribution in [0.5, 0.6) is 0 Å². The molecule has 7 nitrogen and oxygen atoms in total. The van der Waals surface area contributed by atoms with Gasteiger partial charge in [0.2, 0.25) is 15.9 Å². The minimum atomic E-state index is -3.74. The second-order valence-corrected chi connectivity index (χ2v) is 8.80. The molecule has 166 valence electrons. The van der Waals surface area contributed by atoms with Crippen LogP contribution in [0.25, 0.3) is 0 Å². The van der Waals surface area contributed by atoms with Crippen molar-refractivity contribution in [1.82, 2.24) is 10.0 Å². The van der Waals surface area contributed by atoms with Crippen LogP contribution in [0, 0.1) is 5.82 Å². The van der Waals surface area contributed by atoms with Crippen molar-refractivity contribution < 1.29 is 22.4 Å². The Morgan fingerprint density at radius 2 is 1.38 bits per heavy atom. The number of carbonyl (C=O) groups excluding carboxylic acids is 2. The van der Waals surface area contributed by atoms with Gasteiger partial charge in [0.1, 0.15) is 5.82 Å². The monoisotopic (exact) mass is 455 g/mol. The minimum Gasteiger partial charge on any atom is -0.348 e. The predicted molar refractivity (Wildman–Crippen MR) is 119 cm³/mol.